The summed E-state index contributed by atoms with van der Waals surface area (Å²) in [4.78, 5) is 25.4. The molecule has 0 aliphatic heterocycles. The lowest BCUT2D eigenvalue weighted by Crippen LogP contribution is -2.33. The van der Waals surface area contributed by atoms with E-state index in [-0.39, 0.29) is 24.8 Å². The van der Waals surface area contributed by atoms with Crippen LogP contribution < -0.4 is 10.2 Å². The number of anilines is 1. The van der Waals surface area contributed by atoms with Gasteiger partial charge in [0.15, 0.2) is 0 Å². The molecule has 0 unspecified atom stereocenters. The normalized spacial score (nSPS) is 9.96. The van der Waals surface area contributed by atoms with Crippen molar-refractivity contribution in [2.45, 2.75) is 19.9 Å². The van der Waals surface area contributed by atoms with Crippen molar-refractivity contribution in [3.63, 3.8) is 0 Å². The molecule has 0 spiro atoms. The van der Waals surface area contributed by atoms with Gasteiger partial charge in [0, 0.05) is 37.1 Å². The van der Waals surface area contributed by atoms with E-state index in [0.717, 1.165) is 5.56 Å². The van der Waals surface area contributed by atoms with Gasteiger partial charge in [-0.1, -0.05) is 35.9 Å². The molecule has 0 atom stereocenters. The van der Waals surface area contributed by atoms with Gasteiger partial charge in [0.25, 0.3) is 0 Å². The first-order chi connectivity index (χ1) is 12.0. The number of rotatable bonds is 6. The minimum absolute atomic E-state index is 0.154. The number of nitriles is 1. The van der Waals surface area contributed by atoms with Gasteiger partial charge in [-0.2, -0.15) is 5.26 Å². The van der Waals surface area contributed by atoms with Gasteiger partial charge in [0.05, 0.1) is 11.6 Å². The third kappa shape index (κ3) is 5.33. The summed E-state index contributed by atoms with van der Waals surface area (Å²) < 4.78 is 0. The molecular weight excluding hydrogens is 338 g/mol. The summed E-state index contributed by atoms with van der Waals surface area (Å²) in [5, 5.41) is 12.4. The Bertz CT molecular complexity index is 814. The van der Waals surface area contributed by atoms with E-state index in [2.05, 4.69) is 5.32 Å². The predicted molar refractivity (Wildman–Crippen MR) is 97.1 cm³/mol. The molecule has 6 heteroatoms. The molecule has 0 bridgehead atoms. The molecule has 0 radical (unpaired) electrons. The lowest BCUT2D eigenvalue weighted by atomic mass is 10.2. The van der Waals surface area contributed by atoms with Gasteiger partial charge in [-0.15, -0.1) is 0 Å². The zero-order valence-corrected chi connectivity index (χ0v) is 14.6. The van der Waals surface area contributed by atoms with Crippen LogP contribution in [0.4, 0.5) is 5.69 Å². The first kappa shape index (κ1) is 18.5. The van der Waals surface area contributed by atoms with Gasteiger partial charge in [0.2, 0.25) is 11.8 Å². The Kier molecular flexibility index (Phi) is 6.55. The molecule has 1 N–H and O–H groups in total. The number of hydrogen-bond acceptors (Lipinski definition) is 3. The third-order valence-corrected chi connectivity index (χ3v) is 4.03. The second-order valence-corrected chi connectivity index (χ2v) is 5.86. The Labute approximate surface area is 151 Å². The average Bonchev–Trinajstić information content (AvgIpc) is 2.61. The second-order valence-electron chi connectivity index (χ2n) is 5.45. The molecule has 2 aromatic rings. The number of halogens is 1. The number of nitrogens with one attached hydrogen (secondary N) is 1. The first-order valence-electron chi connectivity index (χ1n) is 7.79. The van der Waals surface area contributed by atoms with Gasteiger partial charge < -0.3 is 10.2 Å². The molecule has 2 aromatic carbocycles. The van der Waals surface area contributed by atoms with E-state index in [1.807, 2.05) is 24.3 Å². The summed E-state index contributed by atoms with van der Waals surface area (Å²) in [6.45, 7) is 2.00. The van der Waals surface area contributed by atoms with Crippen LogP contribution in [0.2, 0.25) is 5.02 Å². The van der Waals surface area contributed by atoms with Gasteiger partial charge in [-0.05, 0) is 29.8 Å². The highest BCUT2D eigenvalue weighted by molar-refractivity contribution is 6.31. The van der Waals surface area contributed by atoms with Crippen molar-refractivity contribution in [1.29, 1.82) is 5.26 Å². The minimum atomic E-state index is -0.186. The average molecular weight is 356 g/mol. The molecule has 0 aliphatic rings. The third-order valence-electron chi connectivity index (χ3n) is 3.66. The molecule has 0 aliphatic carbocycles. The predicted octanol–water partition coefficient (Wildman–Crippen LogP) is 3.27. The molecular formula is C19H18ClN3O2. The van der Waals surface area contributed by atoms with Crippen molar-refractivity contribution >= 4 is 29.1 Å². The molecule has 25 heavy (non-hydrogen) atoms. The molecule has 0 fully saturated rings. The number of carbonyl (C=O) groups excluding carboxylic acids is 2. The Balaban J connectivity index is 1.94. The van der Waals surface area contributed by atoms with Crippen LogP contribution in [0.5, 0.6) is 0 Å². The van der Waals surface area contributed by atoms with E-state index < -0.39 is 0 Å². The summed E-state index contributed by atoms with van der Waals surface area (Å²) >= 11 is 6.05. The number of nitrogens with zero attached hydrogens (tertiary/aromatic N) is 2. The van der Waals surface area contributed by atoms with Gasteiger partial charge in [-0.25, -0.2) is 0 Å². The smallest absolute Gasteiger partial charge is 0.223 e. The Morgan fingerprint density at radius 1 is 1.20 bits per heavy atom. The van der Waals surface area contributed by atoms with Crippen molar-refractivity contribution in [2.24, 2.45) is 0 Å². The summed E-state index contributed by atoms with van der Waals surface area (Å²) in [5.74, 6) is -0.364. The largest absolute Gasteiger partial charge is 0.352 e. The Morgan fingerprint density at radius 2 is 1.96 bits per heavy atom. The van der Waals surface area contributed by atoms with E-state index in [9.17, 15) is 9.59 Å². The second kappa shape index (κ2) is 8.86. The lowest BCUT2D eigenvalue weighted by molar-refractivity contribution is -0.121. The maximum atomic E-state index is 12.1. The molecule has 0 saturated heterocycles. The van der Waals surface area contributed by atoms with Crippen LogP contribution >= 0.6 is 11.6 Å². The minimum Gasteiger partial charge on any atom is -0.352 e. The number of amides is 2. The summed E-state index contributed by atoms with van der Waals surface area (Å²) in [5.41, 5.74) is 1.90. The van der Waals surface area contributed by atoms with Crippen LogP contribution in [0, 0.1) is 11.3 Å². The molecule has 2 rings (SSSR count). The van der Waals surface area contributed by atoms with E-state index >= 15 is 0 Å². The first-order valence-corrected chi connectivity index (χ1v) is 8.17. The van der Waals surface area contributed by atoms with Crippen molar-refractivity contribution < 1.29 is 9.59 Å². The standard InChI is InChI=1S/C19H18ClN3O2/c1-14(24)23(17-7-4-5-15(11-17)12-21)10-9-19(25)22-13-16-6-2-3-8-18(16)20/h2-8,11H,9-10,13H2,1H3,(H,22,25). The maximum Gasteiger partial charge on any atom is 0.223 e. The monoisotopic (exact) mass is 355 g/mol. The number of benzene rings is 2. The Hall–Kier alpha value is -2.84. The molecule has 0 heterocycles. The lowest BCUT2D eigenvalue weighted by Gasteiger charge is -2.21. The maximum absolute atomic E-state index is 12.1. The molecule has 2 amide bonds. The van der Waals surface area contributed by atoms with Crippen molar-refractivity contribution in [1.82, 2.24) is 5.32 Å². The highest BCUT2D eigenvalue weighted by atomic mass is 35.5. The zero-order chi connectivity index (χ0) is 18.2. The molecule has 0 aromatic heterocycles. The molecule has 0 saturated carbocycles. The van der Waals surface area contributed by atoms with Crippen molar-refractivity contribution in [3.05, 3.63) is 64.7 Å². The fourth-order valence-corrected chi connectivity index (χ4v) is 2.55. The van der Waals surface area contributed by atoms with E-state index in [0.29, 0.717) is 22.8 Å². The number of carbonyl (C=O) groups is 2. The fraction of sp³-hybridized carbons (Fsp3) is 0.211. The van der Waals surface area contributed by atoms with Crippen LogP contribution in [-0.4, -0.2) is 18.4 Å². The van der Waals surface area contributed by atoms with Crippen LogP contribution in [-0.2, 0) is 16.1 Å². The fourth-order valence-electron chi connectivity index (χ4n) is 2.35. The summed E-state index contributed by atoms with van der Waals surface area (Å²) in [6, 6.07) is 16.1. The van der Waals surface area contributed by atoms with Gasteiger partial charge >= 0.3 is 0 Å². The van der Waals surface area contributed by atoms with Crippen LogP contribution in [0.15, 0.2) is 48.5 Å². The van der Waals surface area contributed by atoms with Gasteiger partial charge in [0.1, 0.15) is 0 Å². The zero-order valence-electron chi connectivity index (χ0n) is 13.8. The topological polar surface area (TPSA) is 73.2 Å². The Morgan fingerprint density at radius 3 is 2.64 bits per heavy atom. The van der Waals surface area contributed by atoms with E-state index in [1.165, 1.54) is 11.8 Å². The van der Waals surface area contributed by atoms with Crippen LogP contribution in [0.3, 0.4) is 0 Å². The quantitative estimate of drug-likeness (QED) is 0.864. The molecule has 128 valence electrons. The van der Waals surface area contributed by atoms with E-state index in [1.54, 1.807) is 30.3 Å². The SMILES string of the molecule is CC(=O)N(CCC(=O)NCc1ccccc1Cl)c1cccc(C#N)c1. The van der Waals surface area contributed by atoms with Gasteiger partial charge in [-0.3, -0.25) is 9.59 Å². The van der Waals surface area contributed by atoms with Crippen LogP contribution in [0.25, 0.3) is 0 Å². The summed E-state index contributed by atoms with van der Waals surface area (Å²) in [7, 11) is 0. The highest BCUT2D eigenvalue weighted by Crippen LogP contribution is 2.17. The van der Waals surface area contributed by atoms with Crippen LogP contribution in [0.1, 0.15) is 24.5 Å². The summed E-state index contributed by atoms with van der Waals surface area (Å²) in [6.07, 6.45) is 0.154. The highest BCUT2D eigenvalue weighted by Gasteiger charge is 2.14. The molecule has 5 nitrogen and oxygen atoms in total. The van der Waals surface area contributed by atoms with Crippen molar-refractivity contribution in [3.8, 4) is 6.07 Å². The van der Waals surface area contributed by atoms with Crippen molar-refractivity contribution in [2.75, 3.05) is 11.4 Å². The number of hydrogen-bond donors (Lipinski definition) is 1. The van der Waals surface area contributed by atoms with E-state index in [4.69, 9.17) is 16.9 Å².